The maximum Gasteiger partial charge on any atom is 0.240 e. The molecule has 4 nitrogen and oxygen atoms in total. The van der Waals surface area contributed by atoms with E-state index in [0.717, 1.165) is 44.5 Å². The number of hydrazone groups is 1. The quantitative estimate of drug-likeness (QED) is 0.493. The van der Waals surface area contributed by atoms with E-state index >= 15 is 0 Å². The van der Waals surface area contributed by atoms with Gasteiger partial charge >= 0.3 is 0 Å². The van der Waals surface area contributed by atoms with Gasteiger partial charge in [0.15, 0.2) is 0 Å². The smallest absolute Gasteiger partial charge is 0.240 e. The first-order chi connectivity index (χ1) is 10.3. The molecule has 0 aliphatic carbocycles. The van der Waals surface area contributed by atoms with Gasteiger partial charge in [0.05, 0.1) is 0 Å². The van der Waals surface area contributed by atoms with Crippen LogP contribution in [0.4, 0.5) is 0 Å². The van der Waals surface area contributed by atoms with Gasteiger partial charge in [0.25, 0.3) is 0 Å². The molecule has 0 aromatic heterocycles. The number of carbonyl (C=O) groups excluding carboxylic acids is 1. The van der Waals surface area contributed by atoms with E-state index in [4.69, 9.17) is 0 Å². The van der Waals surface area contributed by atoms with E-state index in [1.165, 1.54) is 38.6 Å². The third-order valence-corrected chi connectivity index (χ3v) is 4.07. The van der Waals surface area contributed by atoms with Crippen LogP contribution in [-0.4, -0.2) is 36.2 Å². The molecule has 1 heterocycles. The van der Waals surface area contributed by atoms with Gasteiger partial charge in [-0.1, -0.05) is 46.0 Å². The van der Waals surface area contributed by atoms with Crippen LogP contribution in [0.15, 0.2) is 5.10 Å². The molecule has 21 heavy (non-hydrogen) atoms. The molecule has 0 radical (unpaired) electrons. The Labute approximate surface area is 130 Å². The van der Waals surface area contributed by atoms with Gasteiger partial charge in [-0.05, 0) is 19.4 Å². The summed E-state index contributed by atoms with van der Waals surface area (Å²) in [5, 5.41) is 4.30. The predicted octanol–water partition coefficient (Wildman–Crippen LogP) is 3.72. The van der Waals surface area contributed by atoms with Crippen molar-refractivity contribution in [3.63, 3.8) is 0 Å². The highest BCUT2D eigenvalue weighted by Crippen LogP contribution is 2.08. The van der Waals surface area contributed by atoms with Crippen LogP contribution in [0.5, 0.6) is 0 Å². The van der Waals surface area contributed by atoms with Crippen molar-refractivity contribution < 1.29 is 4.79 Å². The maximum absolute atomic E-state index is 11.7. The Kier molecular flexibility index (Phi) is 10.1. The van der Waals surface area contributed by atoms with E-state index in [-0.39, 0.29) is 5.91 Å². The molecular weight excluding hydrogens is 262 g/mol. The molecule has 1 amide bonds. The number of nitrogens with one attached hydrogen (secondary N) is 1. The molecule has 0 aromatic carbocycles. The van der Waals surface area contributed by atoms with Crippen molar-refractivity contribution in [1.29, 1.82) is 0 Å². The third-order valence-electron chi connectivity index (χ3n) is 4.07. The molecule has 0 aromatic rings. The number of amides is 1. The van der Waals surface area contributed by atoms with Crippen molar-refractivity contribution in [3.05, 3.63) is 0 Å². The van der Waals surface area contributed by atoms with E-state index in [9.17, 15) is 4.79 Å². The van der Waals surface area contributed by atoms with Gasteiger partial charge in [0.1, 0.15) is 0 Å². The third kappa shape index (κ3) is 8.86. The van der Waals surface area contributed by atoms with Gasteiger partial charge < -0.3 is 4.90 Å². The van der Waals surface area contributed by atoms with E-state index in [0.29, 0.717) is 6.42 Å². The highest BCUT2D eigenvalue weighted by molar-refractivity contribution is 5.87. The summed E-state index contributed by atoms with van der Waals surface area (Å²) in [6, 6.07) is 0. The number of carbonyl (C=O) groups is 1. The summed E-state index contributed by atoms with van der Waals surface area (Å²) in [6.45, 7) is 7.78. The number of hydrogen-bond donors (Lipinski definition) is 1. The summed E-state index contributed by atoms with van der Waals surface area (Å²) in [5.41, 5.74) is 3.88. The Morgan fingerprint density at radius 3 is 2.38 bits per heavy atom. The molecule has 0 spiro atoms. The molecule has 0 bridgehead atoms. The second-order valence-electron chi connectivity index (χ2n) is 6.07. The van der Waals surface area contributed by atoms with Crippen LogP contribution in [0.2, 0.25) is 0 Å². The molecule has 4 heteroatoms. The van der Waals surface area contributed by atoms with Crippen molar-refractivity contribution in [1.82, 2.24) is 10.3 Å². The molecule has 0 unspecified atom stereocenters. The number of hydrogen-bond acceptors (Lipinski definition) is 3. The molecule has 1 N–H and O–H groups in total. The highest BCUT2D eigenvalue weighted by atomic mass is 16.2. The first-order valence-corrected chi connectivity index (χ1v) is 8.82. The van der Waals surface area contributed by atoms with Crippen molar-refractivity contribution in [2.75, 3.05) is 19.6 Å². The fourth-order valence-electron chi connectivity index (χ4n) is 2.73. The standard InChI is InChI=1S/C17H33N3O/c1-3-5-6-7-8-9-10-17(21)19-18-16-11-14-20(13-4-2)15-12-16/h3-15H2,1-2H3,(H,19,21). The minimum atomic E-state index is 0.0778. The summed E-state index contributed by atoms with van der Waals surface area (Å²) in [4.78, 5) is 14.2. The van der Waals surface area contributed by atoms with Crippen LogP contribution >= 0.6 is 0 Å². The molecule has 1 aliphatic rings. The summed E-state index contributed by atoms with van der Waals surface area (Å²) in [7, 11) is 0. The average Bonchev–Trinajstić information content (AvgIpc) is 2.50. The van der Waals surface area contributed by atoms with Crippen molar-refractivity contribution in [2.45, 2.75) is 78.1 Å². The lowest BCUT2D eigenvalue weighted by molar-refractivity contribution is -0.121. The highest BCUT2D eigenvalue weighted by Gasteiger charge is 2.14. The minimum absolute atomic E-state index is 0.0778. The molecule has 122 valence electrons. The van der Waals surface area contributed by atoms with Crippen LogP contribution < -0.4 is 5.43 Å². The molecule has 1 fully saturated rings. The van der Waals surface area contributed by atoms with E-state index in [2.05, 4.69) is 29.3 Å². The topological polar surface area (TPSA) is 44.7 Å². The van der Waals surface area contributed by atoms with Gasteiger partial charge in [-0.2, -0.15) is 5.10 Å². The fourth-order valence-corrected chi connectivity index (χ4v) is 2.73. The van der Waals surface area contributed by atoms with E-state index < -0.39 is 0 Å². The molecule has 0 saturated carbocycles. The van der Waals surface area contributed by atoms with Gasteiger partial charge in [-0.15, -0.1) is 0 Å². The first kappa shape index (κ1) is 18.1. The Morgan fingerprint density at radius 1 is 1.05 bits per heavy atom. The lowest BCUT2D eigenvalue weighted by atomic mass is 10.1. The number of rotatable bonds is 10. The lowest BCUT2D eigenvalue weighted by Gasteiger charge is -2.26. The summed E-state index contributed by atoms with van der Waals surface area (Å²) in [6.07, 6.45) is 11.1. The fraction of sp³-hybridized carbons (Fsp3) is 0.882. The number of nitrogens with zero attached hydrogens (tertiary/aromatic N) is 2. The zero-order valence-electron chi connectivity index (χ0n) is 14.0. The summed E-state index contributed by atoms with van der Waals surface area (Å²) in [5.74, 6) is 0.0778. The lowest BCUT2D eigenvalue weighted by Crippen LogP contribution is -2.35. The van der Waals surface area contributed by atoms with Crippen LogP contribution in [-0.2, 0) is 4.79 Å². The number of piperidine rings is 1. The molecule has 1 aliphatic heterocycles. The van der Waals surface area contributed by atoms with Crippen LogP contribution in [0, 0.1) is 0 Å². The molecule has 1 rings (SSSR count). The van der Waals surface area contributed by atoms with E-state index in [1.54, 1.807) is 0 Å². The van der Waals surface area contributed by atoms with Crippen molar-refractivity contribution in [3.8, 4) is 0 Å². The SMILES string of the molecule is CCCCCCCCC(=O)NN=C1CCN(CCC)CC1. The van der Waals surface area contributed by atoms with Crippen LogP contribution in [0.1, 0.15) is 78.1 Å². The molecule has 1 saturated heterocycles. The number of likely N-dealkylation sites (tertiary alicyclic amines) is 1. The average molecular weight is 295 g/mol. The second-order valence-corrected chi connectivity index (χ2v) is 6.07. The monoisotopic (exact) mass is 295 g/mol. The van der Waals surface area contributed by atoms with Gasteiger partial charge in [-0.3, -0.25) is 4.79 Å². The summed E-state index contributed by atoms with van der Waals surface area (Å²) >= 11 is 0. The zero-order chi connectivity index (χ0) is 15.3. The summed E-state index contributed by atoms with van der Waals surface area (Å²) < 4.78 is 0. The first-order valence-electron chi connectivity index (χ1n) is 8.82. The Morgan fingerprint density at radius 2 is 1.71 bits per heavy atom. The molecule has 0 atom stereocenters. The largest absolute Gasteiger partial charge is 0.303 e. The zero-order valence-corrected chi connectivity index (χ0v) is 14.0. The Bertz CT molecular complexity index is 305. The van der Waals surface area contributed by atoms with Gasteiger partial charge in [0.2, 0.25) is 5.91 Å². The Balaban J connectivity index is 2.06. The number of unbranched alkanes of at least 4 members (excludes halogenated alkanes) is 5. The van der Waals surface area contributed by atoms with Crippen molar-refractivity contribution in [2.24, 2.45) is 5.10 Å². The predicted molar refractivity (Wildman–Crippen MR) is 89.5 cm³/mol. The van der Waals surface area contributed by atoms with Gasteiger partial charge in [0, 0.05) is 38.1 Å². The second kappa shape index (κ2) is 11.7. The van der Waals surface area contributed by atoms with Gasteiger partial charge in [-0.25, -0.2) is 5.43 Å². The molecular formula is C17H33N3O. The minimum Gasteiger partial charge on any atom is -0.303 e. The van der Waals surface area contributed by atoms with Crippen LogP contribution in [0.3, 0.4) is 0 Å². The Hall–Kier alpha value is -0.900. The van der Waals surface area contributed by atoms with Crippen molar-refractivity contribution >= 4 is 11.6 Å². The van der Waals surface area contributed by atoms with E-state index in [1.807, 2.05) is 0 Å². The normalized spacial score (nSPS) is 16.0. The van der Waals surface area contributed by atoms with Crippen LogP contribution in [0.25, 0.3) is 0 Å². The maximum atomic E-state index is 11.7.